The number of carboxylic acid groups (broad SMARTS) is 1. The van der Waals surface area contributed by atoms with E-state index >= 15 is 0 Å². The highest BCUT2D eigenvalue weighted by molar-refractivity contribution is 5.97. The average molecular weight is 323 g/mol. The van der Waals surface area contributed by atoms with Gasteiger partial charge in [-0.15, -0.1) is 0 Å². The summed E-state index contributed by atoms with van der Waals surface area (Å²) in [5.74, 6) is -0.689. The predicted octanol–water partition coefficient (Wildman–Crippen LogP) is 2.71. The Hall–Kier alpha value is -2.24. The highest BCUT2D eigenvalue weighted by Crippen LogP contribution is 2.29. The third-order valence-corrected chi connectivity index (χ3v) is 3.55. The molecule has 0 fully saturated rings. The van der Waals surface area contributed by atoms with E-state index in [-0.39, 0.29) is 12.0 Å². The molecule has 0 radical (unpaired) electrons. The number of carbonyl (C=O) groups excluding carboxylic acids is 1. The van der Waals surface area contributed by atoms with E-state index in [1.54, 1.807) is 25.1 Å². The summed E-state index contributed by atoms with van der Waals surface area (Å²) in [6.45, 7) is 7.46. The van der Waals surface area contributed by atoms with E-state index in [9.17, 15) is 14.7 Å². The van der Waals surface area contributed by atoms with Gasteiger partial charge in [-0.1, -0.05) is 20.3 Å². The van der Waals surface area contributed by atoms with E-state index < -0.39 is 17.9 Å². The third-order valence-electron chi connectivity index (χ3n) is 3.55. The Morgan fingerprint density at radius 3 is 2.35 bits per heavy atom. The number of carbonyl (C=O) groups is 2. The van der Waals surface area contributed by atoms with E-state index in [1.165, 1.54) is 7.11 Å². The Bertz CT molecular complexity index is 556. The van der Waals surface area contributed by atoms with Crippen LogP contribution in [0.5, 0.6) is 11.5 Å². The number of nitrogens with one attached hydrogen (secondary N) is 1. The number of aliphatic carboxylic acids is 1. The molecule has 0 aliphatic heterocycles. The number of ether oxygens (including phenoxy) is 2. The van der Waals surface area contributed by atoms with Crippen LogP contribution in [0.15, 0.2) is 18.2 Å². The molecule has 2 atom stereocenters. The van der Waals surface area contributed by atoms with Gasteiger partial charge < -0.3 is 19.9 Å². The Morgan fingerprint density at radius 2 is 1.87 bits per heavy atom. The van der Waals surface area contributed by atoms with E-state index in [4.69, 9.17) is 9.47 Å². The van der Waals surface area contributed by atoms with Gasteiger partial charge >= 0.3 is 5.97 Å². The number of hydrogen-bond acceptors (Lipinski definition) is 4. The quantitative estimate of drug-likeness (QED) is 0.768. The van der Waals surface area contributed by atoms with Gasteiger partial charge in [-0.3, -0.25) is 4.79 Å². The molecule has 0 aliphatic rings. The topological polar surface area (TPSA) is 84.9 Å². The van der Waals surface area contributed by atoms with Crippen LogP contribution in [0.1, 0.15) is 44.5 Å². The standard InChI is InChI=1S/C17H25NO5/c1-6-11(4)15(17(20)21)18-16(19)12-7-8-13(23-10(2)3)14(9-12)22-5/h7-11,15H,6H2,1-5H3,(H,18,19)(H,20,21). The zero-order valence-corrected chi connectivity index (χ0v) is 14.3. The smallest absolute Gasteiger partial charge is 0.326 e. The molecule has 1 aromatic carbocycles. The van der Waals surface area contributed by atoms with Crippen LogP contribution < -0.4 is 14.8 Å². The fourth-order valence-electron chi connectivity index (χ4n) is 2.07. The van der Waals surface area contributed by atoms with Gasteiger partial charge in [-0.2, -0.15) is 0 Å². The third kappa shape index (κ3) is 5.16. The second-order valence-electron chi connectivity index (χ2n) is 5.71. The van der Waals surface area contributed by atoms with Crippen molar-refractivity contribution >= 4 is 11.9 Å². The molecule has 6 heteroatoms. The van der Waals surface area contributed by atoms with Gasteiger partial charge in [0.2, 0.25) is 0 Å². The number of amides is 1. The summed E-state index contributed by atoms with van der Waals surface area (Å²) < 4.78 is 10.8. The fraction of sp³-hybridized carbons (Fsp3) is 0.529. The molecule has 2 unspecified atom stereocenters. The highest BCUT2D eigenvalue weighted by Gasteiger charge is 2.26. The Labute approximate surface area is 136 Å². The molecule has 0 saturated heterocycles. The average Bonchev–Trinajstić information content (AvgIpc) is 2.51. The van der Waals surface area contributed by atoms with Gasteiger partial charge in [0.05, 0.1) is 13.2 Å². The van der Waals surface area contributed by atoms with Crippen LogP contribution in [-0.2, 0) is 4.79 Å². The van der Waals surface area contributed by atoms with Crippen LogP contribution >= 0.6 is 0 Å². The molecule has 2 N–H and O–H groups in total. The van der Waals surface area contributed by atoms with Crippen molar-refractivity contribution in [2.75, 3.05) is 7.11 Å². The molecule has 1 amide bonds. The SMILES string of the molecule is CCC(C)C(NC(=O)c1ccc(OC(C)C)c(OC)c1)C(=O)O. The number of carboxylic acids is 1. The fourth-order valence-corrected chi connectivity index (χ4v) is 2.07. The second-order valence-corrected chi connectivity index (χ2v) is 5.71. The van der Waals surface area contributed by atoms with Crippen LogP contribution in [-0.4, -0.2) is 36.2 Å². The van der Waals surface area contributed by atoms with E-state index in [2.05, 4.69) is 5.32 Å². The molecule has 0 spiro atoms. The van der Waals surface area contributed by atoms with Crippen LogP contribution in [0.25, 0.3) is 0 Å². The van der Waals surface area contributed by atoms with Crippen molar-refractivity contribution in [3.8, 4) is 11.5 Å². The molecule has 0 heterocycles. The molecule has 23 heavy (non-hydrogen) atoms. The summed E-state index contributed by atoms with van der Waals surface area (Å²) in [4.78, 5) is 23.6. The van der Waals surface area contributed by atoms with Crippen LogP contribution in [0.2, 0.25) is 0 Å². The summed E-state index contributed by atoms with van der Waals surface area (Å²) in [5, 5.41) is 11.8. The lowest BCUT2D eigenvalue weighted by Crippen LogP contribution is -2.45. The zero-order valence-electron chi connectivity index (χ0n) is 14.3. The van der Waals surface area contributed by atoms with Gasteiger partial charge in [-0.05, 0) is 38.0 Å². The molecular formula is C17H25NO5. The number of hydrogen-bond donors (Lipinski definition) is 2. The minimum absolute atomic E-state index is 0.0228. The largest absolute Gasteiger partial charge is 0.493 e. The molecule has 0 aliphatic carbocycles. The molecule has 1 aromatic rings. The first kappa shape index (κ1) is 18.8. The molecule has 6 nitrogen and oxygen atoms in total. The maximum absolute atomic E-state index is 12.3. The van der Waals surface area contributed by atoms with E-state index in [0.29, 0.717) is 23.5 Å². The van der Waals surface area contributed by atoms with Crippen molar-refractivity contribution < 1.29 is 24.2 Å². The van der Waals surface area contributed by atoms with Gasteiger partial charge in [0.15, 0.2) is 11.5 Å². The lowest BCUT2D eigenvalue weighted by atomic mass is 9.99. The second kappa shape index (κ2) is 8.41. The maximum Gasteiger partial charge on any atom is 0.326 e. The van der Waals surface area contributed by atoms with Crippen molar-refractivity contribution in [1.29, 1.82) is 0 Å². The zero-order chi connectivity index (χ0) is 17.6. The lowest BCUT2D eigenvalue weighted by Gasteiger charge is -2.20. The number of methoxy groups -OCH3 is 1. The molecular weight excluding hydrogens is 298 g/mol. The molecule has 0 aromatic heterocycles. The summed E-state index contributed by atoms with van der Waals surface area (Å²) >= 11 is 0. The Morgan fingerprint density at radius 1 is 1.22 bits per heavy atom. The van der Waals surface area contributed by atoms with Crippen molar-refractivity contribution in [3.63, 3.8) is 0 Å². The maximum atomic E-state index is 12.3. The molecule has 0 bridgehead atoms. The van der Waals surface area contributed by atoms with Gasteiger partial charge in [-0.25, -0.2) is 4.79 Å². The van der Waals surface area contributed by atoms with Gasteiger partial charge in [0.1, 0.15) is 6.04 Å². The summed E-state index contributed by atoms with van der Waals surface area (Å²) in [6.07, 6.45) is 0.632. The summed E-state index contributed by atoms with van der Waals surface area (Å²) in [5.41, 5.74) is 0.326. The molecule has 1 rings (SSSR count). The van der Waals surface area contributed by atoms with Crippen LogP contribution in [0.4, 0.5) is 0 Å². The molecule has 128 valence electrons. The van der Waals surface area contributed by atoms with E-state index in [1.807, 2.05) is 20.8 Å². The van der Waals surface area contributed by atoms with Crippen molar-refractivity contribution in [1.82, 2.24) is 5.32 Å². The summed E-state index contributed by atoms with van der Waals surface area (Å²) in [6, 6.07) is 3.85. The first-order chi connectivity index (χ1) is 10.8. The Kier molecular flexibility index (Phi) is 6.88. The van der Waals surface area contributed by atoms with Crippen LogP contribution in [0.3, 0.4) is 0 Å². The Balaban J connectivity index is 2.97. The van der Waals surface area contributed by atoms with Gasteiger partial charge in [0.25, 0.3) is 5.91 Å². The highest BCUT2D eigenvalue weighted by atomic mass is 16.5. The first-order valence-corrected chi connectivity index (χ1v) is 7.68. The lowest BCUT2D eigenvalue weighted by molar-refractivity contribution is -0.140. The monoisotopic (exact) mass is 323 g/mol. The van der Waals surface area contributed by atoms with Crippen molar-refractivity contribution in [2.24, 2.45) is 5.92 Å². The first-order valence-electron chi connectivity index (χ1n) is 7.68. The molecule has 0 saturated carbocycles. The predicted molar refractivity (Wildman–Crippen MR) is 87.1 cm³/mol. The number of benzene rings is 1. The van der Waals surface area contributed by atoms with Crippen LogP contribution in [0, 0.1) is 5.92 Å². The number of rotatable bonds is 8. The normalized spacial score (nSPS) is 13.3. The van der Waals surface area contributed by atoms with E-state index in [0.717, 1.165) is 0 Å². The van der Waals surface area contributed by atoms with Crippen molar-refractivity contribution in [2.45, 2.75) is 46.3 Å². The van der Waals surface area contributed by atoms with Gasteiger partial charge in [0, 0.05) is 5.56 Å². The van der Waals surface area contributed by atoms with Crippen molar-refractivity contribution in [3.05, 3.63) is 23.8 Å². The minimum Gasteiger partial charge on any atom is -0.493 e. The summed E-state index contributed by atoms with van der Waals surface area (Å²) in [7, 11) is 1.49. The minimum atomic E-state index is -1.04.